The van der Waals surface area contributed by atoms with E-state index in [0.717, 1.165) is 22.6 Å². The van der Waals surface area contributed by atoms with Crippen molar-refractivity contribution in [2.75, 3.05) is 19.5 Å². The van der Waals surface area contributed by atoms with E-state index in [9.17, 15) is 9.59 Å². The molecule has 0 saturated heterocycles. The maximum absolute atomic E-state index is 13.8. The molecule has 37 heavy (non-hydrogen) atoms. The zero-order valence-corrected chi connectivity index (χ0v) is 21.1. The number of nitrogens with zero attached hydrogens (tertiary/aromatic N) is 1. The number of methoxy groups -OCH3 is 2. The van der Waals surface area contributed by atoms with Crippen molar-refractivity contribution in [2.24, 2.45) is 0 Å². The maximum atomic E-state index is 13.8. The summed E-state index contributed by atoms with van der Waals surface area (Å²) in [6.45, 7) is 1.88. The first-order valence-electron chi connectivity index (χ1n) is 12.2. The molecule has 0 fully saturated rings. The Kier molecular flexibility index (Phi) is 6.77. The van der Waals surface area contributed by atoms with Crippen LogP contribution in [0.5, 0.6) is 11.5 Å². The van der Waals surface area contributed by atoms with Crippen LogP contribution < -0.4 is 20.1 Å². The van der Waals surface area contributed by atoms with Crippen LogP contribution in [-0.4, -0.2) is 30.9 Å². The number of nitrogens with one attached hydrogen (secondary N) is 2. The second-order valence-corrected chi connectivity index (χ2v) is 9.24. The van der Waals surface area contributed by atoms with Gasteiger partial charge in [-0.15, -0.1) is 0 Å². The first-order valence-corrected chi connectivity index (χ1v) is 12.2. The number of dihydropyridines is 1. The average molecular weight is 496 g/mol. The number of benzene rings is 2. The normalized spacial score (nSPS) is 19.2. The van der Waals surface area contributed by atoms with Crippen molar-refractivity contribution in [3.05, 3.63) is 107 Å². The van der Waals surface area contributed by atoms with E-state index >= 15 is 0 Å². The highest BCUT2D eigenvalue weighted by Gasteiger charge is 2.41. The Balaban J connectivity index is 1.55. The number of pyridine rings is 1. The molecular weight excluding hydrogens is 466 g/mol. The smallest absolute Gasteiger partial charge is 0.255 e. The minimum Gasteiger partial charge on any atom is -0.497 e. The van der Waals surface area contributed by atoms with Gasteiger partial charge in [0, 0.05) is 41.1 Å². The molecule has 2 aliphatic rings. The van der Waals surface area contributed by atoms with Gasteiger partial charge in [-0.25, -0.2) is 4.98 Å². The van der Waals surface area contributed by atoms with Crippen LogP contribution >= 0.6 is 0 Å². The fraction of sp³-hybridized carbons (Fsp3) is 0.233. The molecule has 2 atom stereocenters. The topological polar surface area (TPSA) is 89.5 Å². The molecule has 1 aromatic heterocycles. The lowest BCUT2D eigenvalue weighted by atomic mass is 9.71. The van der Waals surface area contributed by atoms with Crippen LogP contribution in [0.3, 0.4) is 0 Å². The lowest BCUT2D eigenvalue weighted by molar-refractivity contribution is -0.116. The molecule has 1 aliphatic carbocycles. The first kappa shape index (κ1) is 24.3. The third-order valence-electron chi connectivity index (χ3n) is 6.99. The molecule has 0 radical (unpaired) electrons. The zero-order chi connectivity index (χ0) is 25.9. The van der Waals surface area contributed by atoms with Crippen LogP contribution in [0.4, 0.5) is 5.82 Å². The summed E-state index contributed by atoms with van der Waals surface area (Å²) >= 11 is 0. The van der Waals surface area contributed by atoms with Crippen LogP contribution in [0, 0.1) is 0 Å². The van der Waals surface area contributed by atoms with Gasteiger partial charge in [0.1, 0.15) is 17.3 Å². The third-order valence-corrected chi connectivity index (χ3v) is 6.99. The summed E-state index contributed by atoms with van der Waals surface area (Å²) < 4.78 is 10.8. The molecule has 7 heteroatoms. The summed E-state index contributed by atoms with van der Waals surface area (Å²) in [5, 5.41) is 6.32. The van der Waals surface area contributed by atoms with Crippen molar-refractivity contribution in [2.45, 2.75) is 31.6 Å². The Morgan fingerprint density at radius 2 is 1.73 bits per heavy atom. The molecule has 7 nitrogen and oxygen atoms in total. The highest BCUT2D eigenvalue weighted by molar-refractivity contribution is 6.09. The lowest BCUT2D eigenvalue weighted by Gasteiger charge is -2.37. The van der Waals surface area contributed by atoms with E-state index in [1.54, 1.807) is 32.5 Å². The molecule has 2 N–H and O–H groups in total. The van der Waals surface area contributed by atoms with Gasteiger partial charge in [0.05, 0.1) is 14.2 Å². The molecule has 0 saturated carbocycles. The zero-order valence-electron chi connectivity index (χ0n) is 21.1. The predicted octanol–water partition coefficient (Wildman–Crippen LogP) is 5.10. The maximum Gasteiger partial charge on any atom is 0.255 e. The highest BCUT2D eigenvalue weighted by Crippen LogP contribution is 2.46. The van der Waals surface area contributed by atoms with Crippen LogP contribution in [-0.2, 0) is 9.59 Å². The van der Waals surface area contributed by atoms with Crippen molar-refractivity contribution in [3.8, 4) is 11.5 Å². The van der Waals surface area contributed by atoms with E-state index in [2.05, 4.69) is 15.6 Å². The first-order chi connectivity index (χ1) is 18.0. The largest absolute Gasteiger partial charge is 0.497 e. The number of hydrogen-bond donors (Lipinski definition) is 2. The summed E-state index contributed by atoms with van der Waals surface area (Å²) in [5.74, 6) is 1.13. The SMILES string of the molecule is COc1ccc([C@H]2CC(=O)C3=C(C2)NC(C)=C(C(=O)Nc2ccccn2)[C@@H]3c2cccc(OC)c2)cc1. The average Bonchev–Trinajstić information content (AvgIpc) is 2.92. The quantitative estimate of drug-likeness (QED) is 0.495. The lowest BCUT2D eigenvalue weighted by Crippen LogP contribution is -2.37. The number of allylic oxidation sites excluding steroid dienone is 3. The molecule has 2 aromatic carbocycles. The number of ether oxygens (including phenoxy) is 2. The van der Waals surface area contributed by atoms with Gasteiger partial charge in [-0.3, -0.25) is 9.59 Å². The summed E-state index contributed by atoms with van der Waals surface area (Å²) in [6, 6.07) is 20.8. The molecule has 5 rings (SSSR count). The van der Waals surface area contributed by atoms with Gasteiger partial charge >= 0.3 is 0 Å². The Bertz CT molecular complexity index is 1390. The molecule has 1 amide bonds. The van der Waals surface area contributed by atoms with Gasteiger partial charge in [-0.05, 0) is 66.8 Å². The Labute approximate surface area is 216 Å². The summed E-state index contributed by atoms with van der Waals surface area (Å²) in [7, 11) is 3.24. The molecule has 0 bridgehead atoms. The van der Waals surface area contributed by atoms with E-state index in [-0.39, 0.29) is 17.6 Å². The number of ketones is 1. The summed E-state index contributed by atoms with van der Waals surface area (Å²) in [5.41, 5.74) is 4.61. The number of aromatic nitrogens is 1. The molecule has 1 aliphatic heterocycles. The van der Waals surface area contributed by atoms with E-state index in [4.69, 9.17) is 9.47 Å². The Hall–Kier alpha value is -4.39. The van der Waals surface area contributed by atoms with Crippen LogP contribution in [0.25, 0.3) is 0 Å². The highest BCUT2D eigenvalue weighted by atomic mass is 16.5. The Morgan fingerprint density at radius 1 is 0.946 bits per heavy atom. The van der Waals surface area contributed by atoms with Crippen LogP contribution in [0.1, 0.15) is 42.7 Å². The number of carbonyl (C=O) groups excluding carboxylic acids is 2. The minimum atomic E-state index is -0.528. The second-order valence-electron chi connectivity index (χ2n) is 9.24. The van der Waals surface area contributed by atoms with Crippen molar-refractivity contribution in [3.63, 3.8) is 0 Å². The van der Waals surface area contributed by atoms with Crippen molar-refractivity contribution in [1.82, 2.24) is 10.3 Å². The van der Waals surface area contributed by atoms with Gasteiger partial charge in [0.2, 0.25) is 0 Å². The summed E-state index contributed by atoms with van der Waals surface area (Å²) in [6.07, 6.45) is 2.65. The number of rotatable bonds is 6. The van der Waals surface area contributed by atoms with E-state index in [1.165, 1.54) is 0 Å². The second kappa shape index (κ2) is 10.3. The Morgan fingerprint density at radius 3 is 2.43 bits per heavy atom. The predicted molar refractivity (Wildman–Crippen MR) is 141 cm³/mol. The van der Waals surface area contributed by atoms with Gasteiger partial charge in [0.25, 0.3) is 5.91 Å². The van der Waals surface area contributed by atoms with Crippen LogP contribution in [0.2, 0.25) is 0 Å². The van der Waals surface area contributed by atoms with Gasteiger partial charge in [0.15, 0.2) is 5.78 Å². The molecule has 0 unspecified atom stereocenters. The molecule has 0 spiro atoms. The number of carbonyl (C=O) groups is 2. The summed E-state index contributed by atoms with van der Waals surface area (Å²) in [4.78, 5) is 31.6. The van der Waals surface area contributed by atoms with Gasteiger partial charge in [-0.2, -0.15) is 0 Å². The molecular formula is C30H29N3O4. The van der Waals surface area contributed by atoms with E-state index in [0.29, 0.717) is 41.3 Å². The van der Waals surface area contributed by atoms with Gasteiger partial charge in [-0.1, -0.05) is 30.3 Å². The monoisotopic (exact) mass is 495 g/mol. The van der Waals surface area contributed by atoms with Crippen molar-refractivity contribution < 1.29 is 19.1 Å². The number of anilines is 1. The standard InChI is InChI=1S/C30H29N3O4/c1-18-27(30(35)33-26-9-4-5-14-31-26)28(20-7-6-8-23(15-20)37-3)29-24(32-18)16-21(17-25(29)34)19-10-12-22(36-2)13-11-19/h4-15,21,28,32H,16-17H2,1-3H3,(H,31,33,35)/t21-,28+/m1/s1. The van der Waals surface area contributed by atoms with Crippen molar-refractivity contribution in [1.29, 1.82) is 0 Å². The molecule has 188 valence electrons. The fourth-order valence-electron chi connectivity index (χ4n) is 5.23. The van der Waals surface area contributed by atoms with E-state index in [1.807, 2.05) is 61.5 Å². The van der Waals surface area contributed by atoms with Gasteiger partial charge < -0.3 is 20.1 Å². The number of Topliss-reactive ketones (excluding diaryl/α,β-unsaturated/α-hetero) is 1. The minimum absolute atomic E-state index is 0.0259. The number of amides is 1. The molecule has 3 aromatic rings. The van der Waals surface area contributed by atoms with Crippen molar-refractivity contribution >= 4 is 17.5 Å². The fourth-order valence-corrected chi connectivity index (χ4v) is 5.23. The third kappa shape index (κ3) is 4.85. The van der Waals surface area contributed by atoms with E-state index < -0.39 is 5.92 Å². The van der Waals surface area contributed by atoms with Crippen LogP contribution in [0.15, 0.2) is 95.5 Å². The number of hydrogen-bond acceptors (Lipinski definition) is 6. The molecule has 2 heterocycles.